The molecule has 1 atom stereocenters. The van der Waals surface area contributed by atoms with Crippen molar-refractivity contribution in [2.45, 2.75) is 25.3 Å². The number of imidazole rings is 2. The lowest BCUT2D eigenvalue weighted by atomic mass is 10.1. The molecule has 7 rings (SSSR count). The summed E-state index contributed by atoms with van der Waals surface area (Å²) in [6.45, 7) is 1.06. The number of amides is 1. The monoisotopic (exact) mass is 659 g/mol. The Labute approximate surface area is 272 Å². The van der Waals surface area contributed by atoms with E-state index in [-0.39, 0.29) is 17.6 Å². The molecular weight excluding hydrogens is 627 g/mol. The summed E-state index contributed by atoms with van der Waals surface area (Å²) in [5.74, 6) is -0.423. The van der Waals surface area contributed by atoms with Crippen molar-refractivity contribution in [2.75, 3.05) is 33.9 Å². The number of pyridine rings is 1. The maximum absolute atomic E-state index is 14.2. The van der Waals surface area contributed by atoms with E-state index in [1.165, 1.54) is 25.3 Å². The molecule has 4 aromatic heterocycles. The molecule has 1 fully saturated rings. The lowest BCUT2D eigenvalue weighted by molar-refractivity contribution is -0.148. The van der Waals surface area contributed by atoms with Crippen LogP contribution in [-0.2, 0) is 31.1 Å². The first-order valence-electron chi connectivity index (χ1n) is 15.2. The van der Waals surface area contributed by atoms with Crippen molar-refractivity contribution < 1.29 is 27.4 Å². The summed E-state index contributed by atoms with van der Waals surface area (Å²) in [4.78, 5) is 34.3. The van der Waals surface area contributed by atoms with E-state index in [0.717, 1.165) is 21.2 Å². The van der Waals surface area contributed by atoms with E-state index in [9.17, 15) is 18.0 Å². The van der Waals surface area contributed by atoms with Gasteiger partial charge in [-0.15, -0.1) is 0 Å². The van der Waals surface area contributed by atoms with Gasteiger partial charge in [0.2, 0.25) is 17.6 Å². The molecule has 5 heterocycles. The number of methoxy groups -OCH3 is 2. The highest BCUT2D eigenvalue weighted by molar-refractivity contribution is 5.86. The largest absolute Gasteiger partial charge is 0.497 e. The van der Waals surface area contributed by atoms with Gasteiger partial charge < -0.3 is 23.9 Å². The van der Waals surface area contributed by atoms with Gasteiger partial charge in [0.1, 0.15) is 24.2 Å². The summed E-state index contributed by atoms with van der Waals surface area (Å²) in [6.07, 6.45) is -1.27. The number of halogens is 3. The highest BCUT2D eigenvalue weighted by Gasteiger charge is 2.40. The normalized spacial score (nSPS) is 15.8. The topological polar surface area (TPSA) is 119 Å². The number of benzene rings is 2. The van der Waals surface area contributed by atoms with Gasteiger partial charge >= 0.3 is 6.18 Å². The van der Waals surface area contributed by atoms with Crippen molar-refractivity contribution in [3.8, 4) is 22.9 Å². The third-order valence-corrected chi connectivity index (χ3v) is 8.53. The van der Waals surface area contributed by atoms with Crippen LogP contribution in [0.4, 0.5) is 13.2 Å². The average molecular weight is 660 g/mol. The number of H-pyrrole nitrogens is 1. The van der Waals surface area contributed by atoms with E-state index in [1.807, 2.05) is 49.6 Å². The third-order valence-electron chi connectivity index (χ3n) is 8.53. The van der Waals surface area contributed by atoms with E-state index >= 15 is 0 Å². The molecule has 1 aliphatic rings. The Hall–Kier alpha value is -5.44. The van der Waals surface area contributed by atoms with Gasteiger partial charge in [0.25, 0.3) is 0 Å². The van der Waals surface area contributed by atoms with E-state index < -0.39 is 30.5 Å². The van der Waals surface area contributed by atoms with Crippen LogP contribution in [0.2, 0.25) is 0 Å². The molecule has 2 aromatic carbocycles. The van der Waals surface area contributed by atoms with Crippen molar-refractivity contribution >= 4 is 27.8 Å². The fourth-order valence-corrected chi connectivity index (χ4v) is 6.21. The molecule has 0 saturated carbocycles. The Morgan fingerprint density at radius 2 is 1.85 bits per heavy atom. The molecular formula is C33H32F3N9O3. The van der Waals surface area contributed by atoms with Crippen molar-refractivity contribution in [1.82, 2.24) is 44.1 Å². The van der Waals surface area contributed by atoms with Gasteiger partial charge in [-0.3, -0.25) is 14.4 Å². The maximum atomic E-state index is 14.2. The smallest absolute Gasteiger partial charge is 0.449 e. The van der Waals surface area contributed by atoms with E-state index in [2.05, 4.69) is 29.9 Å². The number of ether oxygens (including phenoxy) is 2. The highest BCUT2D eigenvalue weighted by atomic mass is 19.4. The second-order valence-corrected chi connectivity index (χ2v) is 11.6. The van der Waals surface area contributed by atoms with Crippen LogP contribution in [0.1, 0.15) is 23.4 Å². The van der Waals surface area contributed by atoms with Gasteiger partial charge in [-0.25, -0.2) is 15.0 Å². The summed E-state index contributed by atoms with van der Waals surface area (Å²) in [6, 6.07) is 15.4. The number of aromatic amines is 1. The first kappa shape index (κ1) is 31.2. The Bertz CT molecular complexity index is 2120. The highest BCUT2D eigenvalue weighted by Crippen LogP contribution is 2.35. The number of piperazine rings is 1. The van der Waals surface area contributed by atoms with Crippen LogP contribution in [0.5, 0.6) is 11.6 Å². The Morgan fingerprint density at radius 1 is 1.02 bits per heavy atom. The average Bonchev–Trinajstić information content (AvgIpc) is 3.82. The van der Waals surface area contributed by atoms with Gasteiger partial charge in [0.15, 0.2) is 0 Å². The molecule has 1 aliphatic heterocycles. The minimum absolute atomic E-state index is 0.112. The molecule has 1 unspecified atom stereocenters. The molecule has 0 bridgehead atoms. The van der Waals surface area contributed by atoms with E-state index in [1.54, 1.807) is 22.9 Å². The SMILES string of the molecule is COc1ccc2nc(C(F)(F)F)n(CC(=O)N3CCN(Cc4ccn(C)n4)CC3c3ncc(-c4cc5ccccc5nc4OC)[nH]3)c2c1. The first-order valence-corrected chi connectivity index (χ1v) is 15.2. The predicted octanol–water partition coefficient (Wildman–Crippen LogP) is 4.83. The number of para-hydroxylation sites is 1. The molecule has 248 valence electrons. The van der Waals surface area contributed by atoms with Gasteiger partial charge in [-0.05, 0) is 30.3 Å². The van der Waals surface area contributed by atoms with E-state index in [0.29, 0.717) is 48.3 Å². The molecule has 0 spiro atoms. The molecule has 0 radical (unpaired) electrons. The number of aromatic nitrogens is 7. The molecule has 1 N–H and O–H groups in total. The van der Waals surface area contributed by atoms with Crippen LogP contribution in [0.15, 0.2) is 67.0 Å². The summed E-state index contributed by atoms with van der Waals surface area (Å²) in [7, 11) is 4.81. The zero-order valence-electron chi connectivity index (χ0n) is 26.4. The van der Waals surface area contributed by atoms with E-state index in [4.69, 9.17) is 9.47 Å². The summed E-state index contributed by atoms with van der Waals surface area (Å²) < 4.78 is 56.1. The summed E-state index contributed by atoms with van der Waals surface area (Å²) >= 11 is 0. The van der Waals surface area contributed by atoms with Crippen LogP contribution in [0, 0.1) is 0 Å². The van der Waals surface area contributed by atoms with Crippen molar-refractivity contribution in [1.29, 1.82) is 0 Å². The number of alkyl halides is 3. The Morgan fingerprint density at radius 3 is 2.60 bits per heavy atom. The summed E-state index contributed by atoms with van der Waals surface area (Å²) in [5, 5.41) is 5.40. The molecule has 48 heavy (non-hydrogen) atoms. The fourth-order valence-electron chi connectivity index (χ4n) is 6.21. The lowest BCUT2D eigenvalue weighted by Crippen LogP contribution is -2.51. The number of carbonyl (C=O) groups is 1. The zero-order chi connectivity index (χ0) is 33.6. The number of nitrogens with zero attached hydrogens (tertiary/aromatic N) is 8. The van der Waals surface area contributed by atoms with Crippen molar-refractivity contribution in [2.24, 2.45) is 7.05 Å². The number of fused-ring (bicyclic) bond motifs is 2. The van der Waals surface area contributed by atoms with Crippen LogP contribution in [0.25, 0.3) is 33.2 Å². The molecule has 0 aliphatic carbocycles. The third kappa shape index (κ3) is 5.92. The molecule has 15 heteroatoms. The van der Waals surface area contributed by atoms with Gasteiger partial charge in [0.05, 0.1) is 53.9 Å². The number of hydrogen-bond acceptors (Lipinski definition) is 8. The van der Waals surface area contributed by atoms with Crippen LogP contribution < -0.4 is 9.47 Å². The number of nitrogens with one attached hydrogen (secondary N) is 1. The van der Waals surface area contributed by atoms with Gasteiger partial charge in [0, 0.05) is 50.9 Å². The minimum Gasteiger partial charge on any atom is -0.497 e. The lowest BCUT2D eigenvalue weighted by Gasteiger charge is -2.40. The maximum Gasteiger partial charge on any atom is 0.449 e. The molecule has 12 nitrogen and oxygen atoms in total. The zero-order valence-corrected chi connectivity index (χ0v) is 26.4. The number of carbonyl (C=O) groups excluding carboxylic acids is 1. The number of hydrogen-bond donors (Lipinski definition) is 1. The molecule has 1 saturated heterocycles. The predicted molar refractivity (Wildman–Crippen MR) is 170 cm³/mol. The first-order chi connectivity index (χ1) is 23.1. The van der Waals surface area contributed by atoms with Gasteiger partial charge in [-0.2, -0.15) is 18.3 Å². The summed E-state index contributed by atoms with van der Waals surface area (Å²) in [5.41, 5.74) is 3.20. The second kappa shape index (κ2) is 12.3. The minimum atomic E-state index is -4.78. The standard InChI is InChI=1S/C33H32F3N9O3/c1-42-11-10-21(41-42)17-43-12-13-44(29(46)19-45-27-15-22(47-2)8-9-25(27)40-32(45)33(34,35)36)28(18-43)30-37-16-26(38-30)23-14-20-6-4-5-7-24(20)39-31(23)48-3/h4-11,14-16,28H,12-13,17-19H2,1-3H3,(H,37,38). The Kier molecular flexibility index (Phi) is 7.99. The quantitative estimate of drug-likeness (QED) is 0.247. The second-order valence-electron chi connectivity index (χ2n) is 11.6. The number of aryl methyl sites for hydroxylation is 1. The number of rotatable bonds is 8. The Balaban J connectivity index is 1.24. The molecule has 1 amide bonds. The van der Waals surface area contributed by atoms with Crippen molar-refractivity contribution in [3.05, 3.63) is 84.3 Å². The van der Waals surface area contributed by atoms with Gasteiger partial charge in [-0.1, -0.05) is 18.2 Å². The van der Waals surface area contributed by atoms with Crippen LogP contribution >= 0.6 is 0 Å². The van der Waals surface area contributed by atoms with Crippen LogP contribution in [0.3, 0.4) is 0 Å². The van der Waals surface area contributed by atoms with Crippen molar-refractivity contribution in [3.63, 3.8) is 0 Å². The van der Waals surface area contributed by atoms with Crippen LogP contribution in [-0.4, -0.2) is 83.8 Å². The molecule has 6 aromatic rings. The fraction of sp³-hybridized carbons (Fsp3) is 0.303.